The Bertz CT molecular complexity index is 784. The molecule has 0 aromatic heterocycles. The third kappa shape index (κ3) is 5.17. The van der Waals surface area contributed by atoms with E-state index in [4.69, 9.17) is 0 Å². The van der Waals surface area contributed by atoms with Gasteiger partial charge in [0.25, 0.3) is 11.8 Å². The Balaban J connectivity index is 2.03. The van der Waals surface area contributed by atoms with Crippen molar-refractivity contribution in [2.45, 2.75) is 19.8 Å². The molecule has 6 nitrogen and oxygen atoms in total. The van der Waals surface area contributed by atoms with Crippen LogP contribution in [0, 0.1) is 0 Å². The normalized spacial score (nSPS) is 11.5. The lowest BCUT2D eigenvalue weighted by Gasteiger charge is -2.18. The first-order valence-corrected chi connectivity index (χ1v) is 8.93. The van der Waals surface area contributed by atoms with Crippen molar-refractivity contribution in [3.63, 3.8) is 0 Å². The average molecular weight is 368 g/mol. The van der Waals surface area contributed by atoms with Crippen molar-refractivity contribution in [3.8, 4) is 0 Å². The topological polar surface area (TPSA) is 86.7 Å². The molecule has 2 rings (SSSR count). The summed E-state index contributed by atoms with van der Waals surface area (Å²) >= 11 is 0. The Kier molecular flexibility index (Phi) is 7.11. The highest BCUT2D eigenvalue weighted by Crippen LogP contribution is 2.15. The molecule has 0 heterocycles. The molecule has 2 N–H and O–H groups in total. The van der Waals surface area contributed by atoms with Gasteiger partial charge >= 0.3 is 5.97 Å². The zero-order valence-corrected chi connectivity index (χ0v) is 15.5. The van der Waals surface area contributed by atoms with Crippen LogP contribution in [-0.2, 0) is 4.79 Å². The van der Waals surface area contributed by atoms with Crippen LogP contribution in [0.5, 0.6) is 0 Å². The summed E-state index contributed by atoms with van der Waals surface area (Å²) in [5, 5.41) is 12.1. The van der Waals surface area contributed by atoms with Crippen molar-refractivity contribution in [1.82, 2.24) is 10.2 Å². The molecule has 6 heteroatoms. The van der Waals surface area contributed by atoms with Crippen LogP contribution < -0.4 is 5.32 Å². The van der Waals surface area contributed by atoms with Gasteiger partial charge in [-0.15, -0.1) is 0 Å². The van der Waals surface area contributed by atoms with E-state index in [0.717, 1.165) is 0 Å². The molecule has 142 valence electrons. The van der Waals surface area contributed by atoms with Gasteiger partial charge in [-0.25, -0.2) is 0 Å². The number of carboxylic acid groups (broad SMARTS) is 1. The van der Waals surface area contributed by atoms with E-state index >= 15 is 0 Å². The molecule has 0 aliphatic heterocycles. The largest absolute Gasteiger partial charge is 0.481 e. The first-order chi connectivity index (χ1) is 13.0. The molecule has 2 aromatic rings. The van der Waals surface area contributed by atoms with Crippen LogP contribution in [0.3, 0.4) is 0 Å². The van der Waals surface area contributed by atoms with Crippen molar-refractivity contribution in [3.05, 3.63) is 71.3 Å². The van der Waals surface area contributed by atoms with Gasteiger partial charge in [-0.1, -0.05) is 30.3 Å². The van der Waals surface area contributed by atoms with Crippen LogP contribution in [0.1, 0.15) is 46.0 Å². The first kappa shape index (κ1) is 20.2. The fourth-order valence-corrected chi connectivity index (χ4v) is 2.79. The Morgan fingerprint density at radius 2 is 1.48 bits per heavy atom. The standard InChI is InChI=1S/C21H24N2O4/c1-3-23(4-2)20(25)17-12-10-16(11-13-17)19(24)22-14-18(21(26)27)15-8-6-5-7-9-15/h5-13,18H,3-4,14H2,1-2H3,(H,22,24)(H,26,27). The number of hydrogen-bond acceptors (Lipinski definition) is 3. The second-order valence-corrected chi connectivity index (χ2v) is 6.07. The molecule has 0 aliphatic carbocycles. The fourth-order valence-electron chi connectivity index (χ4n) is 2.79. The summed E-state index contributed by atoms with van der Waals surface area (Å²) in [6.45, 7) is 5.04. The van der Waals surface area contributed by atoms with E-state index in [0.29, 0.717) is 29.8 Å². The predicted octanol–water partition coefficient (Wildman–Crippen LogP) is 2.77. The number of carbonyl (C=O) groups is 3. The molecule has 1 unspecified atom stereocenters. The number of benzene rings is 2. The quantitative estimate of drug-likeness (QED) is 0.750. The second-order valence-electron chi connectivity index (χ2n) is 6.07. The summed E-state index contributed by atoms with van der Waals surface area (Å²) in [6, 6.07) is 15.1. The monoisotopic (exact) mass is 368 g/mol. The number of carbonyl (C=O) groups excluding carboxylic acids is 2. The number of amides is 2. The maximum atomic E-state index is 12.3. The van der Waals surface area contributed by atoms with E-state index in [1.54, 1.807) is 53.4 Å². The number of rotatable bonds is 8. The van der Waals surface area contributed by atoms with Gasteiger partial charge in [0.05, 0.1) is 5.92 Å². The van der Waals surface area contributed by atoms with E-state index in [1.165, 1.54) is 0 Å². The predicted molar refractivity (Wildman–Crippen MR) is 103 cm³/mol. The van der Waals surface area contributed by atoms with Gasteiger partial charge in [-0.05, 0) is 43.7 Å². The maximum absolute atomic E-state index is 12.3. The molecule has 1 atom stereocenters. The van der Waals surface area contributed by atoms with Gasteiger partial charge in [-0.3, -0.25) is 14.4 Å². The molecule has 27 heavy (non-hydrogen) atoms. The highest BCUT2D eigenvalue weighted by molar-refractivity contribution is 5.98. The Labute approximate surface area is 158 Å². The van der Waals surface area contributed by atoms with Crippen LogP contribution in [-0.4, -0.2) is 47.4 Å². The average Bonchev–Trinajstić information content (AvgIpc) is 2.69. The fraction of sp³-hybridized carbons (Fsp3) is 0.286. The van der Waals surface area contributed by atoms with Crippen LogP contribution in [0.25, 0.3) is 0 Å². The number of nitrogens with one attached hydrogen (secondary N) is 1. The summed E-state index contributed by atoms with van der Waals surface area (Å²) in [6.07, 6.45) is 0. The summed E-state index contributed by atoms with van der Waals surface area (Å²) in [5.41, 5.74) is 1.52. The van der Waals surface area contributed by atoms with E-state index in [2.05, 4.69) is 5.32 Å². The number of carboxylic acids is 1. The molecule has 2 amide bonds. The van der Waals surface area contributed by atoms with Crippen molar-refractivity contribution in [1.29, 1.82) is 0 Å². The maximum Gasteiger partial charge on any atom is 0.312 e. The highest BCUT2D eigenvalue weighted by atomic mass is 16.4. The van der Waals surface area contributed by atoms with Crippen LogP contribution in [0.4, 0.5) is 0 Å². The third-order valence-corrected chi connectivity index (χ3v) is 4.41. The van der Waals surface area contributed by atoms with Gasteiger partial charge in [0.2, 0.25) is 0 Å². The lowest BCUT2D eigenvalue weighted by molar-refractivity contribution is -0.138. The van der Waals surface area contributed by atoms with E-state index in [-0.39, 0.29) is 18.4 Å². The molecule has 0 fully saturated rings. The summed E-state index contributed by atoms with van der Waals surface area (Å²) in [7, 11) is 0. The minimum atomic E-state index is -0.998. The van der Waals surface area contributed by atoms with Crippen molar-refractivity contribution >= 4 is 17.8 Å². The molecule has 0 saturated heterocycles. The molecule has 0 saturated carbocycles. The van der Waals surface area contributed by atoms with Crippen molar-refractivity contribution < 1.29 is 19.5 Å². The minimum absolute atomic E-state index is 0.0156. The Morgan fingerprint density at radius 1 is 0.926 bits per heavy atom. The Morgan fingerprint density at radius 3 is 2.00 bits per heavy atom. The second kappa shape index (κ2) is 9.52. The van der Waals surface area contributed by atoms with E-state index in [9.17, 15) is 19.5 Å². The van der Waals surface area contributed by atoms with Crippen LogP contribution in [0.2, 0.25) is 0 Å². The summed E-state index contributed by atoms with van der Waals surface area (Å²) in [5.74, 6) is -2.28. The van der Waals surface area contributed by atoms with Gasteiger partial charge < -0.3 is 15.3 Å². The smallest absolute Gasteiger partial charge is 0.312 e. The zero-order chi connectivity index (χ0) is 19.8. The molecule has 0 aliphatic rings. The highest BCUT2D eigenvalue weighted by Gasteiger charge is 2.21. The van der Waals surface area contributed by atoms with E-state index in [1.807, 2.05) is 19.9 Å². The first-order valence-electron chi connectivity index (χ1n) is 8.93. The summed E-state index contributed by atoms with van der Waals surface area (Å²) in [4.78, 5) is 37.8. The molecular formula is C21H24N2O4. The van der Waals surface area contributed by atoms with Gasteiger partial charge in [-0.2, -0.15) is 0 Å². The van der Waals surface area contributed by atoms with E-state index < -0.39 is 11.9 Å². The SMILES string of the molecule is CCN(CC)C(=O)c1ccc(C(=O)NCC(C(=O)O)c2ccccc2)cc1. The van der Waals surface area contributed by atoms with Crippen molar-refractivity contribution in [2.75, 3.05) is 19.6 Å². The van der Waals surface area contributed by atoms with Gasteiger partial charge in [0.1, 0.15) is 0 Å². The lowest BCUT2D eigenvalue weighted by atomic mass is 9.99. The molecule has 0 radical (unpaired) electrons. The number of hydrogen-bond donors (Lipinski definition) is 2. The van der Waals surface area contributed by atoms with Crippen LogP contribution >= 0.6 is 0 Å². The number of nitrogens with zero attached hydrogens (tertiary/aromatic N) is 1. The summed E-state index contributed by atoms with van der Waals surface area (Å²) < 4.78 is 0. The van der Waals surface area contributed by atoms with Gasteiger partial charge in [0, 0.05) is 30.8 Å². The van der Waals surface area contributed by atoms with Gasteiger partial charge in [0.15, 0.2) is 0 Å². The lowest BCUT2D eigenvalue weighted by Crippen LogP contribution is -2.32. The molecular weight excluding hydrogens is 344 g/mol. The third-order valence-electron chi connectivity index (χ3n) is 4.41. The zero-order valence-electron chi connectivity index (χ0n) is 15.5. The molecule has 0 spiro atoms. The molecule has 0 bridgehead atoms. The number of aliphatic carboxylic acids is 1. The Hall–Kier alpha value is -3.15. The van der Waals surface area contributed by atoms with Crippen molar-refractivity contribution in [2.24, 2.45) is 0 Å². The molecule has 2 aromatic carbocycles. The minimum Gasteiger partial charge on any atom is -0.481 e. The van der Waals surface area contributed by atoms with Crippen LogP contribution in [0.15, 0.2) is 54.6 Å².